The maximum atomic E-state index is 6.35. The molecule has 1 spiro atoms. The lowest BCUT2D eigenvalue weighted by atomic mass is 9.80. The Kier molecular flexibility index (Phi) is 7.59. The smallest absolute Gasteiger partial charge is 0.124 e. The van der Waals surface area contributed by atoms with E-state index in [1.807, 2.05) is 11.3 Å². The number of thiazole rings is 1. The molecule has 6 rings (SSSR count). The molecule has 0 unspecified atom stereocenters. The second-order valence-corrected chi connectivity index (χ2v) is 12.7. The fourth-order valence-corrected chi connectivity index (χ4v) is 7.71. The van der Waals surface area contributed by atoms with Crippen LogP contribution in [0.3, 0.4) is 0 Å². The Morgan fingerprint density at radius 2 is 1.74 bits per heavy atom. The number of hydrogen-bond acceptors (Lipinski definition) is 6. The third-order valence-electron chi connectivity index (χ3n) is 9.00. The highest BCUT2D eigenvalue weighted by molar-refractivity contribution is 7.15. The molecule has 0 saturated carbocycles. The second-order valence-electron chi connectivity index (χ2n) is 11.6. The average molecular weight is 532 g/mol. The summed E-state index contributed by atoms with van der Waals surface area (Å²) in [4.78, 5) is 11.5. The van der Waals surface area contributed by atoms with Gasteiger partial charge in [-0.25, -0.2) is 4.98 Å². The van der Waals surface area contributed by atoms with Gasteiger partial charge in [0, 0.05) is 49.8 Å². The van der Waals surface area contributed by atoms with Crippen molar-refractivity contribution >= 4 is 11.3 Å². The minimum absolute atomic E-state index is 0.519. The molecule has 0 atom stereocenters. The van der Waals surface area contributed by atoms with Gasteiger partial charge >= 0.3 is 0 Å². The number of likely N-dealkylation sites (tertiary alicyclic amines) is 1. The van der Waals surface area contributed by atoms with Gasteiger partial charge in [-0.2, -0.15) is 0 Å². The van der Waals surface area contributed by atoms with Gasteiger partial charge in [0.15, 0.2) is 0 Å². The van der Waals surface area contributed by atoms with Crippen LogP contribution in [-0.4, -0.2) is 67.8 Å². The summed E-state index contributed by atoms with van der Waals surface area (Å²) < 4.78 is 12.0. The summed E-state index contributed by atoms with van der Waals surface area (Å²) in [6.07, 6.45) is 5.96. The normalized spacial score (nSPS) is 19.7. The molecule has 5 nitrogen and oxygen atoms in total. The highest BCUT2D eigenvalue weighted by atomic mass is 32.1. The first-order chi connectivity index (χ1) is 18.5. The zero-order valence-corrected chi connectivity index (χ0v) is 24.0. The van der Waals surface area contributed by atoms with E-state index in [-0.39, 0.29) is 0 Å². The Labute approximate surface area is 231 Å². The zero-order valence-electron chi connectivity index (χ0n) is 23.2. The molecule has 2 saturated heterocycles. The van der Waals surface area contributed by atoms with Gasteiger partial charge in [-0.15, -0.1) is 11.3 Å². The van der Waals surface area contributed by atoms with Crippen molar-refractivity contribution < 1.29 is 9.47 Å². The standard InChI is InChI=1S/C32H41N3O2S/c1-23-25(7-4-9-27(23)31-33-28-21-34(3)16-11-30(28)38-31)26-8-5-10-29(24(26)2)37-18-6-15-35-17-12-32(22-35)13-19-36-20-14-32/h4-5,7-10H,6,11-22H2,1-3H3. The van der Waals surface area contributed by atoms with E-state index in [9.17, 15) is 0 Å². The van der Waals surface area contributed by atoms with Crippen molar-refractivity contribution in [1.29, 1.82) is 0 Å². The Hall–Kier alpha value is -2.25. The topological polar surface area (TPSA) is 37.8 Å². The third kappa shape index (κ3) is 5.29. The van der Waals surface area contributed by atoms with E-state index in [1.165, 1.54) is 70.7 Å². The number of aromatic nitrogens is 1. The largest absolute Gasteiger partial charge is 0.493 e. The van der Waals surface area contributed by atoms with Crippen LogP contribution in [0.5, 0.6) is 5.75 Å². The second kappa shape index (κ2) is 11.1. The van der Waals surface area contributed by atoms with Gasteiger partial charge in [-0.05, 0) is 93.3 Å². The van der Waals surface area contributed by atoms with Crippen LogP contribution in [0.2, 0.25) is 0 Å². The summed E-state index contributed by atoms with van der Waals surface area (Å²) in [5.74, 6) is 1.00. The lowest BCUT2D eigenvalue weighted by molar-refractivity contribution is 0.0192. The SMILES string of the molecule is Cc1c(OCCCN2CCC3(CCOCC3)C2)cccc1-c1cccc(-c2nc3c(s2)CCN(C)C3)c1C. The molecule has 3 aromatic rings. The molecule has 0 amide bonds. The predicted octanol–water partition coefficient (Wildman–Crippen LogP) is 6.35. The molecular weight excluding hydrogens is 490 g/mol. The summed E-state index contributed by atoms with van der Waals surface area (Å²) >= 11 is 1.87. The van der Waals surface area contributed by atoms with Crippen molar-refractivity contribution in [3.05, 3.63) is 58.1 Å². The van der Waals surface area contributed by atoms with Crippen molar-refractivity contribution in [2.75, 3.05) is 53.0 Å². The predicted molar refractivity (Wildman–Crippen MR) is 156 cm³/mol. The molecule has 38 heavy (non-hydrogen) atoms. The van der Waals surface area contributed by atoms with Crippen LogP contribution < -0.4 is 4.74 Å². The number of hydrogen-bond donors (Lipinski definition) is 0. The van der Waals surface area contributed by atoms with Crippen molar-refractivity contribution in [3.63, 3.8) is 0 Å². The first-order valence-electron chi connectivity index (χ1n) is 14.3. The summed E-state index contributed by atoms with van der Waals surface area (Å²) in [5, 5.41) is 1.15. The molecule has 4 heterocycles. The monoisotopic (exact) mass is 531 g/mol. The molecule has 2 aromatic carbocycles. The van der Waals surface area contributed by atoms with Gasteiger partial charge in [0.25, 0.3) is 0 Å². The van der Waals surface area contributed by atoms with Crippen LogP contribution in [0.25, 0.3) is 21.7 Å². The molecule has 0 bridgehead atoms. The summed E-state index contributed by atoms with van der Waals surface area (Å²) in [7, 11) is 2.18. The van der Waals surface area contributed by atoms with Gasteiger partial charge in [-0.1, -0.05) is 30.3 Å². The van der Waals surface area contributed by atoms with Crippen LogP contribution >= 0.6 is 11.3 Å². The molecule has 2 fully saturated rings. The number of rotatable bonds is 7. The van der Waals surface area contributed by atoms with E-state index in [2.05, 4.69) is 67.1 Å². The number of ether oxygens (including phenoxy) is 2. The van der Waals surface area contributed by atoms with Gasteiger partial charge in [0.1, 0.15) is 10.8 Å². The first kappa shape index (κ1) is 26.0. The molecule has 3 aliphatic heterocycles. The van der Waals surface area contributed by atoms with Crippen LogP contribution in [0.15, 0.2) is 36.4 Å². The van der Waals surface area contributed by atoms with E-state index in [4.69, 9.17) is 14.5 Å². The molecule has 1 aromatic heterocycles. The number of nitrogens with zero attached hydrogens (tertiary/aromatic N) is 3. The summed E-state index contributed by atoms with van der Waals surface area (Å²) in [6.45, 7) is 12.7. The molecule has 0 N–H and O–H groups in total. The van der Waals surface area contributed by atoms with Crippen molar-refractivity contribution in [2.45, 2.75) is 52.5 Å². The Morgan fingerprint density at radius 3 is 2.58 bits per heavy atom. The molecule has 0 aliphatic carbocycles. The van der Waals surface area contributed by atoms with Gasteiger partial charge in [-0.3, -0.25) is 0 Å². The third-order valence-corrected chi connectivity index (χ3v) is 10.2. The van der Waals surface area contributed by atoms with E-state index >= 15 is 0 Å². The minimum Gasteiger partial charge on any atom is -0.493 e. The van der Waals surface area contributed by atoms with Gasteiger partial charge < -0.3 is 19.3 Å². The van der Waals surface area contributed by atoms with Crippen LogP contribution in [-0.2, 0) is 17.7 Å². The van der Waals surface area contributed by atoms with Crippen LogP contribution in [0.1, 0.15) is 47.4 Å². The molecule has 6 heteroatoms. The lowest BCUT2D eigenvalue weighted by Gasteiger charge is -2.33. The minimum atomic E-state index is 0.519. The zero-order chi connectivity index (χ0) is 26.1. The van der Waals surface area contributed by atoms with Crippen molar-refractivity contribution in [2.24, 2.45) is 5.41 Å². The quantitative estimate of drug-likeness (QED) is 0.332. The molecule has 0 radical (unpaired) electrons. The fourth-order valence-electron chi connectivity index (χ4n) is 6.57. The van der Waals surface area contributed by atoms with Gasteiger partial charge in [0.05, 0.1) is 12.3 Å². The highest BCUT2D eigenvalue weighted by Gasteiger charge is 2.38. The number of likely N-dealkylation sites (N-methyl/N-ethyl adjacent to an activating group) is 1. The first-order valence-corrected chi connectivity index (χ1v) is 15.1. The number of benzene rings is 2. The van der Waals surface area contributed by atoms with E-state index in [0.717, 1.165) is 63.1 Å². The highest BCUT2D eigenvalue weighted by Crippen LogP contribution is 2.40. The number of fused-ring (bicyclic) bond motifs is 1. The summed E-state index contributed by atoms with van der Waals surface area (Å²) in [6, 6.07) is 13.1. The fraction of sp³-hybridized carbons (Fsp3) is 0.531. The van der Waals surface area contributed by atoms with E-state index < -0.39 is 0 Å². The van der Waals surface area contributed by atoms with Gasteiger partial charge in [0.2, 0.25) is 0 Å². The Morgan fingerprint density at radius 1 is 0.974 bits per heavy atom. The van der Waals surface area contributed by atoms with Crippen LogP contribution in [0.4, 0.5) is 0 Å². The van der Waals surface area contributed by atoms with Crippen molar-refractivity contribution in [3.8, 4) is 27.4 Å². The summed E-state index contributed by atoms with van der Waals surface area (Å²) in [5.41, 5.74) is 8.07. The molecule has 3 aliphatic rings. The molecule has 202 valence electrons. The van der Waals surface area contributed by atoms with E-state index in [0.29, 0.717) is 5.41 Å². The van der Waals surface area contributed by atoms with E-state index in [1.54, 1.807) is 0 Å². The Balaban J connectivity index is 1.12. The van der Waals surface area contributed by atoms with Crippen LogP contribution in [0, 0.1) is 19.3 Å². The average Bonchev–Trinajstić information content (AvgIpc) is 3.52. The Bertz CT molecular complexity index is 1280. The molecular formula is C32H41N3O2S. The maximum absolute atomic E-state index is 6.35. The van der Waals surface area contributed by atoms with Crippen molar-refractivity contribution in [1.82, 2.24) is 14.8 Å². The lowest BCUT2D eigenvalue weighted by Crippen LogP contribution is -2.33. The maximum Gasteiger partial charge on any atom is 0.124 e.